The largest absolute Gasteiger partial charge is 0.339 e. The van der Waals surface area contributed by atoms with Crippen LogP contribution in [0.1, 0.15) is 0 Å². The van der Waals surface area contributed by atoms with Gasteiger partial charge in [-0.2, -0.15) is 0 Å². The normalized spacial score (nSPS) is 15.2. The van der Waals surface area contributed by atoms with Gasteiger partial charge in [0.05, 0.1) is 0 Å². The monoisotopic (exact) mass is 182 g/mol. The van der Waals surface area contributed by atoms with E-state index in [1.165, 1.54) is 6.33 Å². The molecule has 1 aromatic rings. The maximum atomic E-state index is 5.87. The lowest BCUT2D eigenvalue weighted by Gasteiger charge is -2.08. The smallest absolute Gasteiger partial charge is 0.209 e. The molecule has 2 radical (unpaired) electrons. The van der Waals surface area contributed by atoms with Crippen LogP contribution >= 0.6 is 11.6 Å². The Balaban J connectivity index is 2.59. The van der Waals surface area contributed by atoms with Crippen molar-refractivity contribution in [2.45, 2.75) is 0 Å². The molecular formula is C7H7ClN4. The Morgan fingerprint density at radius 3 is 2.75 bits per heavy atom. The first-order valence-electron chi connectivity index (χ1n) is 3.44. The van der Waals surface area contributed by atoms with Gasteiger partial charge in [0.2, 0.25) is 6.67 Å². The topological polar surface area (TPSA) is 32.3 Å². The Morgan fingerprint density at radius 2 is 2.08 bits per heavy atom. The minimum atomic E-state index is 0.458. The highest BCUT2D eigenvalue weighted by Gasteiger charge is 2.26. The van der Waals surface area contributed by atoms with Crippen LogP contribution in [0.2, 0.25) is 5.15 Å². The molecular weight excluding hydrogens is 176 g/mol. The van der Waals surface area contributed by atoms with E-state index in [4.69, 9.17) is 11.6 Å². The number of nitrogens with zero attached hydrogens (tertiary/aromatic N) is 4. The van der Waals surface area contributed by atoms with Gasteiger partial charge in [0.1, 0.15) is 12.0 Å². The Labute approximate surface area is 75.8 Å². The molecule has 0 aromatic carbocycles. The van der Waals surface area contributed by atoms with E-state index in [0.29, 0.717) is 5.15 Å². The Morgan fingerprint density at radius 1 is 1.33 bits per heavy atom. The number of hydrogen-bond acceptors (Lipinski definition) is 4. The van der Waals surface area contributed by atoms with Crippen molar-refractivity contribution in [1.29, 1.82) is 0 Å². The van der Waals surface area contributed by atoms with Gasteiger partial charge < -0.3 is 9.80 Å². The van der Waals surface area contributed by atoms with Crippen molar-refractivity contribution in [3.05, 3.63) is 18.1 Å². The summed E-state index contributed by atoms with van der Waals surface area (Å²) in [6.45, 7) is 3.00. The van der Waals surface area contributed by atoms with Gasteiger partial charge in [-0.3, -0.25) is 0 Å². The third-order valence-corrected chi connectivity index (χ3v) is 1.99. The van der Waals surface area contributed by atoms with E-state index in [0.717, 1.165) is 11.5 Å². The van der Waals surface area contributed by atoms with Gasteiger partial charge in [0.15, 0.2) is 11.0 Å². The van der Waals surface area contributed by atoms with Crippen LogP contribution in [0.4, 0.5) is 11.5 Å². The van der Waals surface area contributed by atoms with E-state index in [2.05, 4.69) is 16.6 Å². The molecule has 1 aromatic heterocycles. The van der Waals surface area contributed by atoms with Gasteiger partial charge in [-0.15, -0.1) is 0 Å². The summed E-state index contributed by atoms with van der Waals surface area (Å²) in [4.78, 5) is 11.5. The molecule has 1 aliphatic heterocycles. The number of halogens is 1. The molecule has 0 amide bonds. The average molecular weight is 183 g/mol. The molecule has 62 valence electrons. The highest BCUT2D eigenvalue weighted by atomic mass is 35.5. The van der Waals surface area contributed by atoms with E-state index in [1.807, 2.05) is 14.1 Å². The summed E-state index contributed by atoms with van der Waals surface area (Å²) in [5, 5.41) is 0.458. The zero-order valence-corrected chi connectivity index (χ0v) is 7.50. The van der Waals surface area contributed by atoms with Crippen molar-refractivity contribution >= 4 is 23.1 Å². The standard InChI is InChI=1S/C7H7ClN4/c1-11-4-12(2)7-5(11)6(8)9-3-10-7/h3H,1-2H3. The Hall–Kier alpha value is -1.03. The molecule has 0 bridgehead atoms. The van der Waals surface area contributed by atoms with Gasteiger partial charge >= 0.3 is 0 Å². The van der Waals surface area contributed by atoms with Crippen LogP contribution in [0.15, 0.2) is 6.33 Å². The maximum Gasteiger partial charge on any atom is 0.209 e. The van der Waals surface area contributed by atoms with Crippen LogP contribution in [0.25, 0.3) is 0 Å². The molecule has 0 N–H and O–H groups in total. The predicted molar refractivity (Wildman–Crippen MR) is 47.1 cm³/mol. The van der Waals surface area contributed by atoms with Crippen molar-refractivity contribution in [2.75, 3.05) is 23.9 Å². The van der Waals surface area contributed by atoms with Crippen molar-refractivity contribution in [3.8, 4) is 0 Å². The molecule has 0 spiro atoms. The minimum Gasteiger partial charge on any atom is -0.339 e. The van der Waals surface area contributed by atoms with E-state index in [-0.39, 0.29) is 0 Å². The lowest BCUT2D eigenvalue weighted by atomic mass is 10.5. The number of hydrogen-bond donors (Lipinski definition) is 0. The highest BCUT2D eigenvalue weighted by Crippen LogP contribution is 2.37. The fourth-order valence-corrected chi connectivity index (χ4v) is 1.46. The zero-order chi connectivity index (χ0) is 8.72. The Kier molecular flexibility index (Phi) is 1.58. The van der Waals surface area contributed by atoms with Gasteiger partial charge in [-0.25, -0.2) is 9.97 Å². The molecule has 0 aliphatic carbocycles. The number of rotatable bonds is 0. The zero-order valence-electron chi connectivity index (χ0n) is 6.74. The van der Waals surface area contributed by atoms with Crippen LogP contribution in [0.3, 0.4) is 0 Å². The Bertz CT molecular complexity index is 314. The molecule has 2 heterocycles. The molecule has 0 saturated heterocycles. The molecule has 2 rings (SSSR count). The lowest BCUT2D eigenvalue weighted by Crippen LogP contribution is -2.17. The van der Waals surface area contributed by atoms with E-state index < -0.39 is 0 Å². The predicted octanol–water partition coefficient (Wildman–Crippen LogP) is 1.01. The van der Waals surface area contributed by atoms with Crippen molar-refractivity contribution in [2.24, 2.45) is 0 Å². The van der Waals surface area contributed by atoms with Gasteiger partial charge in [-0.1, -0.05) is 11.6 Å². The molecule has 1 aliphatic rings. The van der Waals surface area contributed by atoms with E-state index in [1.54, 1.807) is 9.80 Å². The average Bonchev–Trinajstić information content (AvgIpc) is 2.29. The third-order valence-electron chi connectivity index (χ3n) is 1.71. The van der Waals surface area contributed by atoms with E-state index in [9.17, 15) is 0 Å². The summed E-state index contributed by atoms with van der Waals surface area (Å²) in [5.74, 6) is 0.789. The minimum absolute atomic E-state index is 0.458. The molecule has 0 atom stereocenters. The van der Waals surface area contributed by atoms with Gasteiger partial charge in [0.25, 0.3) is 0 Å². The fraction of sp³-hybridized carbons (Fsp3) is 0.286. The summed E-state index contributed by atoms with van der Waals surface area (Å²) < 4.78 is 0. The van der Waals surface area contributed by atoms with Gasteiger partial charge in [-0.05, 0) is 0 Å². The summed E-state index contributed by atoms with van der Waals surface area (Å²) in [7, 11) is 3.73. The van der Waals surface area contributed by atoms with Crippen molar-refractivity contribution < 1.29 is 0 Å². The van der Waals surface area contributed by atoms with Crippen molar-refractivity contribution in [1.82, 2.24) is 9.97 Å². The third kappa shape index (κ3) is 0.914. The SMILES string of the molecule is CN1[C]N(C)c2c(Cl)ncnc21. The summed E-state index contributed by atoms with van der Waals surface area (Å²) >= 11 is 5.87. The number of fused-ring (bicyclic) bond motifs is 1. The second-order valence-corrected chi connectivity index (χ2v) is 2.91. The van der Waals surface area contributed by atoms with E-state index >= 15 is 0 Å². The first-order chi connectivity index (χ1) is 5.70. The first kappa shape index (κ1) is 7.61. The highest BCUT2D eigenvalue weighted by molar-refractivity contribution is 6.32. The second kappa shape index (κ2) is 2.48. The molecule has 0 saturated carbocycles. The van der Waals surface area contributed by atoms with Crippen LogP contribution in [-0.4, -0.2) is 24.1 Å². The summed E-state index contributed by atoms with van der Waals surface area (Å²) in [6.07, 6.45) is 1.44. The molecule has 5 heteroatoms. The van der Waals surface area contributed by atoms with Crippen LogP contribution < -0.4 is 9.80 Å². The maximum absolute atomic E-state index is 5.87. The summed E-state index contributed by atoms with van der Waals surface area (Å²) in [6, 6.07) is 0. The lowest BCUT2D eigenvalue weighted by molar-refractivity contribution is 1.03. The van der Waals surface area contributed by atoms with Gasteiger partial charge in [0, 0.05) is 14.1 Å². The summed E-state index contributed by atoms with van der Waals surface area (Å²) in [5.41, 5.74) is 0.807. The van der Waals surface area contributed by atoms with Crippen molar-refractivity contribution in [3.63, 3.8) is 0 Å². The second-order valence-electron chi connectivity index (χ2n) is 2.55. The molecule has 0 fully saturated rings. The quantitative estimate of drug-likeness (QED) is 0.561. The molecule has 4 nitrogen and oxygen atoms in total. The van der Waals surface area contributed by atoms with Crippen LogP contribution in [0.5, 0.6) is 0 Å². The van der Waals surface area contributed by atoms with Crippen LogP contribution in [0, 0.1) is 6.67 Å². The van der Waals surface area contributed by atoms with Crippen LogP contribution in [-0.2, 0) is 0 Å². The molecule has 12 heavy (non-hydrogen) atoms. The number of anilines is 2. The number of aromatic nitrogens is 2. The first-order valence-corrected chi connectivity index (χ1v) is 3.82. The fourth-order valence-electron chi connectivity index (χ4n) is 1.20. The molecule has 0 unspecified atom stereocenters.